The van der Waals surface area contributed by atoms with E-state index in [4.69, 9.17) is 11.6 Å². The van der Waals surface area contributed by atoms with Crippen molar-refractivity contribution in [3.8, 4) is 0 Å². The van der Waals surface area contributed by atoms with Gasteiger partial charge in [-0.1, -0.05) is 11.6 Å². The molecule has 0 radical (unpaired) electrons. The Morgan fingerprint density at radius 1 is 1.23 bits per heavy atom. The van der Waals surface area contributed by atoms with Crippen molar-refractivity contribution < 1.29 is 9.50 Å². The van der Waals surface area contributed by atoms with Gasteiger partial charge in [0.1, 0.15) is 17.3 Å². The van der Waals surface area contributed by atoms with Crippen LogP contribution in [0.1, 0.15) is 11.3 Å². The number of aromatic amines is 1. The third-order valence-electron chi connectivity index (χ3n) is 3.09. The Labute approximate surface area is 129 Å². The number of hydrogen-bond donors (Lipinski definition) is 2. The topological polar surface area (TPSA) is 66.0 Å². The number of nitrogens with zero attached hydrogens (tertiary/aromatic N) is 1. The molecule has 4 nitrogen and oxygen atoms in total. The van der Waals surface area contributed by atoms with Gasteiger partial charge in [-0.3, -0.25) is 4.79 Å². The molecule has 0 atom stereocenters. The molecular formula is C16H10ClFN2O2. The van der Waals surface area contributed by atoms with E-state index in [1.165, 1.54) is 30.3 Å². The Kier molecular flexibility index (Phi) is 3.65. The van der Waals surface area contributed by atoms with Crippen LogP contribution in [0.15, 0.2) is 47.3 Å². The number of fused-ring (bicyclic) bond motifs is 1. The summed E-state index contributed by atoms with van der Waals surface area (Å²) in [6, 6.07) is 10.2. The van der Waals surface area contributed by atoms with Crippen molar-refractivity contribution >= 4 is 34.5 Å². The van der Waals surface area contributed by atoms with Gasteiger partial charge in [0.15, 0.2) is 0 Å². The molecule has 2 aromatic carbocycles. The summed E-state index contributed by atoms with van der Waals surface area (Å²) >= 11 is 5.86. The zero-order valence-electron chi connectivity index (χ0n) is 11.2. The average Bonchev–Trinajstić information content (AvgIpc) is 2.49. The second-order valence-electron chi connectivity index (χ2n) is 4.65. The first-order valence-corrected chi connectivity index (χ1v) is 6.77. The highest BCUT2D eigenvalue weighted by Crippen LogP contribution is 2.17. The molecule has 0 unspecified atom stereocenters. The molecule has 2 N–H and O–H groups in total. The van der Waals surface area contributed by atoms with Crippen LogP contribution in [0.3, 0.4) is 0 Å². The normalized spacial score (nSPS) is 11.8. The predicted molar refractivity (Wildman–Crippen MR) is 84.3 cm³/mol. The highest BCUT2D eigenvalue weighted by Gasteiger charge is 2.06. The number of benzene rings is 2. The van der Waals surface area contributed by atoms with Crippen LogP contribution in [-0.4, -0.2) is 15.1 Å². The zero-order chi connectivity index (χ0) is 15.7. The molecule has 0 bridgehead atoms. The maximum atomic E-state index is 12.9. The molecule has 6 heteroatoms. The summed E-state index contributed by atoms with van der Waals surface area (Å²) in [6.45, 7) is 0. The zero-order valence-corrected chi connectivity index (χ0v) is 11.9. The van der Waals surface area contributed by atoms with Gasteiger partial charge >= 0.3 is 0 Å². The smallest absolute Gasteiger partial charge is 0.274 e. The van der Waals surface area contributed by atoms with Gasteiger partial charge in [0.2, 0.25) is 0 Å². The lowest BCUT2D eigenvalue weighted by Gasteiger charge is -2.02. The third-order valence-corrected chi connectivity index (χ3v) is 3.33. The number of rotatable bonds is 2. The van der Waals surface area contributed by atoms with Crippen LogP contribution in [0.25, 0.3) is 22.9 Å². The summed E-state index contributed by atoms with van der Waals surface area (Å²) in [5.41, 5.74) is 1.04. The molecule has 0 aliphatic carbocycles. The standard InChI is InChI=1S/C16H10ClFN2O2/c17-10-3-6-12-13(7-10)20-16(22)14(19-12)8-15(21)9-1-4-11(18)5-2-9/h1-8,21H,(H,20,22)/b15-8-. The number of aliphatic hydroxyl groups excluding tert-OH is 1. The average molecular weight is 317 g/mol. The second-order valence-corrected chi connectivity index (χ2v) is 5.09. The predicted octanol–water partition coefficient (Wildman–Crippen LogP) is 3.77. The summed E-state index contributed by atoms with van der Waals surface area (Å²) in [5, 5.41) is 10.5. The van der Waals surface area contributed by atoms with Crippen LogP contribution < -0.4 is 5.56 Å². The van der Waals surface area contributed by atoms with Crippen LogP contribution >= 0.6 is 11.6 Å². The van der Waals surface area contributed by atoms with Gasteiger partial charge in [-0.25, -0.2) is 9.37 Å². The van der Waals surface area contributed by atoms with E-state index in [-0.39, 0.29) is 11.5 Å². The van der Waals surface area contributed by atoms with E-state index < -0.39 is 11.4 Å². The Balaban J connectivity index is 2.07. The van der Waals surface area contributed by atoms with Gasteiger partial charge in [-0.05, 0) is 42.5 Å². The molecule has 3 rings (SSSR count). The minimum Gasteiger partial charge on any atom is -0.507 e. The molecule has 3 aromatic rings. The van der Waals surface area contributed by atoms with E-state index in [2.05, 4.69) is 9.97 Å². The molecule has 0 amide bonds. The Bertz CT molecular complexity index is 933. The Hall–Kier alpha value is -2.66. The quantitative estimate of drug-likeness (QED) is 0.707. The summed E-state index contributed by atoms with van der Waals surface area (Å²) in [7, 11) is 0. The monoisotopic (exact) mass is 316 g/mol. The molecule has 0 saturated carbocycles. The fourth-order valence-corrected chi connectivity index (χ4v) is 2.18. The number of nitrogens with one attached hydrogen (secondary N) is 1. The van der Waals surface area contributed by atoms with Crippen molar-refractivity contribution in [2.75, 3.05) is 0 Å². The van der Waals surface area contributed by atoms with Crippen molar-refractivity contribution in [1.82, 2.24) is 9.97 Å². The molecule has 22 heavy (non-hydrogen) atoms. The van der Waals surface area contributed by atoms with Crippen molar-refractivity contribution in [2.24, 2.45) is 0 Å². The third kappa shape index (κ3) is 2.84. The maximum absolute atomic E-state index is 12.9. The van der Waals surface area contributed by atoms with Crippen LogP contribution in [0.2, 0.25) is 5.02 Å². The highest BCUT2D eigenvalue weighted by molar-refractivity contribution is 6.31. The molecule has 110 valence electrons. The summed E-state index contributed by atoms with van der Waals surface area (Å²) in [5.74, 6) is -0.582. The van der Waals surface area contributed by atoms with Gasteiger partial charge in [-0.2, -0.15) is 0 Å². The van der Waals surface area contributed by atoms with E-state index in [0.29, 0.717) is 21.6 Å². The highest BCUT2D eigenvalue weighted by atomic mass is 35.5. The lowest BCUT2D eigenvalue weighted by Crippen LogP contribution is -2.12. The van der Waals surface area contributed by atoms with Gasteiger partial charge in [0.25, 0.3) is 5.56 Å². The van der Waals surface area contributed by atoms with Gasteiger partial charge < -0.3 is 10.1 Å². The summed E-state index contributed by atoms with van der Waals surface area (Å²) < 4.78 is 12.9. The molecular weight excluding hydrogens is 307 g/mol. The van der Waals surface area contributed by atoms with E-state index in [9.17, 15) is 14.3 Å². The van der Waals surface area contributed by atoms with E-state index in [1.54, 1.807) is 18.2 Å². The van der Waals surface area contributed by atoms with Crippen molar-refractivity contribution in [3.05, 3.63) is 74.9 Å². The molecule has 0 fully saturated rings. The Morgan fingerprint density at radius 3 is 2.68 bits per heavy atom. The van der Waals surface area contributed by atoms with Gasteiger partial charge in [-0.15, -0.1) is 0 Å². The molecule has 0 saturated heterocycles. The van der Waals surface area contributed by atoms with Crippen molar-refractivity contribution in [1.29, 1.82) is 0 Å². The SMILES string of the molecule is O=c1[nH]c2cc(Cl)ccc2nc1/C=C(\O)c1ccc(F)cc1. The minimum atomic E-state index is -0.455. The lowest BCUT2D eigenvalue weighted by atomic mass is 10.1. The van der Waals surface area contributed by atoms with Crippen molar-refractivity contribution in [3.63, 3.8) is 0 Å². The first-order chi connectivity index (χ1) is 10.5. The van der Waals surface area contributed by atoms with E-state index in [0.717, 1.165) is 0 Å². The maximum Gasteiger partial charge on any atom is 0.274 e. The molecule has 0 aliphatic rings. The van der Waals surface area contributed by atoms with Crippen LogP contribution in [0.5, 0.6) is 0 Å². The lowest BCUT2D eigenvalue weighted by molar-refractivity contribution is 0.515. The molecule has 1 aromatic heterocycles. The van der Waals surface area contributed by atoms with Gasteiger partial charge in [0.05, 0.1) is 11.0 Å². The largest absolute Gasteiger partial charge is 0.507 e. The van der Waals surface area contributed by atoms with E-state index >= 15 is 0 Å². The summed E-state index contributed by atoms with van der Waals surface area (Å²) in [6.07, 6.45) is 1.24. The number of aromatic nitrogens is 2. The second kappa shape index (κ2) is 5.61. The van der Waals surface area contributed by atoms with Crippen LogP contribution in [0, 0.1) is 5.82 Å². The van der Waals surface area contributed by atoms with Crippen LogP contribution in [-0.2, 0) is 0 Å². The first-order valence-electron chi connectivity index (χ1n) is 6.39. The fraction of sp³-hybridized carbons (Fsp3) is 0. The van der Waals surface area contributed by atoms with Crippen molar-refractivity contribution in [2.45, 2.75) is 0 Å². The summed E-state index contributed by atoms with van der Waals surface area (Å²) in [4.78, 5) is 18.8. The van der Waals surface area contributed by atoms with E-state index in [1.807, 2.05) is 0 Å². The molecule has 1 heterocycles. The first kappa shape index (κ1) is 14.3. The number of H-pyrrole nitrogens is 1. The Morgan fingerprint density at radius 2 is 1.95 bits per heavy atom. The minimum absolute atomic E-state index is 0.0525. The van der Waals surface area contributed by atoms with Crippen LogP contribution in [0.4, 0.5) is 4.39 Å². The number of aliphatic hydroxyl groups is 1. The number of halogens is 2. The number of hydrogen-bond acceptors (Lipinski definition) is 3. The molecule has 0 aliphatic heterocycles. The van der Waals surface area contributed by atoms with Gasteiger partial charge in [0, 0.05) is 16.7 Å². The molecule has 0 spiro atoms. The fourth-order valence-electron chi connectivity index (χ4n) is 2.00.